The van der Waals surface area contributed by atoms with Gasteiger partial charge in [0, 0.05) is 0 Å². The topological polar surface area (TPSA) is 78.9 Å². The highest BCUT2D eigenvalue weighted by molar-refractivity contribution is 6.14. The molecule has 1 heterocycles. The molecule has 0 radical (unpaired) electrons. The lowest BCUT2D eigenvalue weighted by Crippen LogP contribution is -2.42. The van der Waals surface area contributed by atoms with Gasteiger partial charge in [-0.2, -0.15) is 0 Å². The molecule has 96 valence electrons. The van der Waals surface area contributed by atoms with Crippen LogP contribution < -0.4 is 15.0 Å². The Balaban J connectivity index is 2.35. The van der Waals surface area contributed by atoms with E-state index < -0.39 is 12.0 Å². The van der Waals surface area contributed by atoms with E-state index >= 15 is 0 Å². The molecule has 18 heavy (non-hydrogen) atoms. The molecule has 1 aromatic carbocycles. The molecule has 0 fully saturated rings. The van der Waals surface area contributed by atoms with Gasteiger partial charge in [0.15, 0.2) is 6.61 Å². The summed E-state index contributed by atoms with van der Waals surface area (Å²) in [4.78, 5) is 23.4. The van der Waals surface area contributed by atoms with Crippen LogP contribution in [0.4, 0.5) is 10.5 Å². The molecule has 0 atom stereocenters. The number of rotatable bonds is 3. The summed E-state index contributed by atoms with van der Waals surface area (Å²) >= 11 is 0. The zero-order chi connectivity index (χ0) is 13.1. The van der Waals surface area contributed by atoms with Crippen molar-refractivity contribution < 1.29 is 19.4 Å². The molecule has 0 spiro atoms. The van der Waals surface area contributed by atoms with Crippen LogP contribution >= 0.6 is 0 Å². The summed E-state index contributed by atoms with van der Waals surface area (Å²) in [6.45, 7) is 0.538. The Labute approximate surface area is 104 Å². The lowest BCUT2D eigenvalue weighted by atomic mass is 10.1. The van der Waals surface area contributed by atoms with Gasteiger partial charge >= 0.3 is 6.09 Å². The summed E-state index contributed by atoms with van der Waals surface area (Å²) < 4.78 is 5.21. The van der Waals surface area contributed by atoms with Gasteiger partial charge in [0.1, 0.15) is 5.75 Å². The average Bonchev–Trinajstić information content (AvgIpc) is 2.35. The largest absolute Gasteiger partial charge is 0.482 e. The quantitative estimate of drug-likeness (QED) is 0.831. The number of hydrogen-bond acceptors (Lipinski definition) is 4. The van der Waals surface area contributed by atoms with Crippen molar-refractivity contribution in [3.8, 4) is 5.75 Å². The van der Waals surface area contributed by atoms with E-state index in [9.17, 15) is 9.59 Å². The molecule has 0 saturated carbocycles. The van der Waals surface area contributed by atoms with Gasteiger partial charge < -0.3 is 15.2 Å². The van der Waals surface area contributed by atoms with Crippen LogP contribution in [0.5, 0.6) is 5.75 Å². The number of carbonyl (C=O) groups is 2. The van der Waals surface area contributed by atoms with Crippen molar-refractivity contribution in [1.82, 2.24) is 5.32 Å². The number of likely N-dealkylation sites (N-methyl/N-ethyl adjacent to an activating group) is 1. The van der Waals surface area contributed by atoms with Crippen LogP contribution in [-0.2, 0) is 11.2 Å². The SMILES string of the molecule is CNCCc1ccc2c(c1)N(C(=O)O)C(=O)CO2. The fourth-order valence-electron chi connectivity index (χ4n) is 1.83. The normalized spacial score (nSPS) is 14.1. The minimum Gasteiger partial charge on any atom is -0.482 e. The van der Waals surface area contributed by atoms with Crippen LogP contribution in [0.3, 0.4) is 0 Å². The highest BCUT2D eigenvalue weighted by Crippen LogP contribution is 2.33. The molecule has 1 aliphatic heterocycles. The molecule has 0 unspecified atom stereocenters. The summed E-state index contributed by atoms with van der Waals surface area (Å²) in [7, 11) is 1.84. The smallest absolute Gasteiger partial charge is 0.418 e. The summed E-state index contributed by atoms with van der Waals surface area (Å²) in [5.41, 5.74) is 1.25. The fraction of sp³-hybridized carbons (Fsp3) is 0.333. The van der Waals surface area contributed by atoms with E-state index in [0.717, 1.165) is 23.4 Å². The number of amides is 2. The van der Waals surface area contributed by atoms with Crippen molar-refractivity contribution in [2.75, 3.05) is 25.1 Å². The van der Waals surface area contributed by atoms with Gasteiger partial charge in [0.05, 0.1) is 5.69 Å². The third kappa shape index (κ3) is 2.28. The molecule has 6 nitrogen and oxygen atoms in total. The third-order valence-electron chi connectivity index (χ3n) is 2.72. The molecular formula is C12H14N2O4. The maximum Gasteiger partial charge on any atom is 0.418 e. The molecule has 0 aliphatic carbocycles. The maximum atomic E-state index is 11.5. The average molecular weight is 250 g/mol. The summed E-state index contributed by atoms with van der Waals surface area (Å²) in [6.07, 6.45) is -0.527. The molecule has 2 rings (SSSR count). The van der Waals surface area contributed by atoms with Crippen LogP contribution in [0.15, 0.2) is 18.2 Å². The van der Waals surface area contributed by atoms with Gasteiger partial charge in [0.2, 0.25) is 0 Å². The number of imide groups is 1. The molecule has 0 bridgehead atoms. The summed E-state index contributed by atoms with van der Waals surface area (Å²) in [5, 5.41) is 12.1. The minimum absolute atomic E-state index is 0.241. The van der Waals surface area contributed by atoms with Gasteiger partial charge in [-0.1, -0.05) is 6.07 Å². The Morgan fingerprint density at radius 1 is 1.56 bits per heavy atom. The molecule has 0 aromatic heterocycles. The van der Waals surface area contributed by atoms with Crippen molar-refractivity contribution in [3.63, 3.8) is 0 Å². The van der Waals surface area contributed by atoms with Crippen LogP contribution in [0.2, 0.25) is 0 Å². The standard InChI is InChI=1S/C12H14N2O4/c1-13-5-4-8-2-3-10-9(6-8)14(12(16)17)11(15)7-18-10/h2-3,6,13H,4-5,7H2,1H3,(H,16,17). The summed E-state index contributed by atoms with van der Waals surface area (Å²) in [5.74, 6) is -0.147. The first-order valence-corrected chi connectivity index (χ1v) is 5.59. The number of ether oxygens (including phenoxy) is 1. The number of benzene rings is 1. The predicted molar refractivity (Wildman–Crippen MR) is 65.1 cm³/mol. The van der Waals surface area contributed by atoms with E-state index in [0.29, 0.717) is 11.4 Å². The Bertz CT molecular complexity index is 487. The zero-order valence-corrected chi connectivity index (χ0v) is 9.97. The second kappa shape index (κ2) is 5.05. The number of carbonyl (C=O) groups excluding carboxylic acids is 1. The zero-order valence-electron chi connectivity index (χ0n) is 9.97. The number of hydrogen-bond donors (Lipinski definition) is 2. The number of carboxylic acid groups (broad SMARTS) is 1. The lowest BCUT2D eigenvalue weighted by molar-refractivity contribution is -0.120. The van der Waals surface area contributed by atoms with Crippen molar-refractivity contribution in [3.05, 3.63) is 23.8 Å². The second-order valence-electron chi connectivity index (χ2n) is 3.96. The van der Waals surface area contributed by atoms with Crippen molar-refractivity contribution in [2.24, 2.45) is 0 Å². The van der Waals surface area contributed by atoms with E-state index in [1.54, 1.807) is 12.1 Å². The lowest BCUT2D eigenvalue weighted by Gasteiger charge is -2.25. The van der Waals surface area contributed by atoms with Crippen LogP contribution in [0, 0.1) is 0 Å². The molecule has 1 aliphatic rings. The fourth-order valence-corrected chi connectivity index (χ4v) is 1.83. The van der Waals surface area contributed by atoms with E-state index in [1.165, 1.54) is 0 Å². The Morgan fingerprint density at radius 3 is 3.00 bits per heavy atom. The number of fused-ring (bicyclic) bond motifs is 1. The first-order valence-electron chi connectivity index (χ1n) is 5.59. The second-order valence-corrected chi connectivity index (χ2v) is 3.96. The molecule has 0 saturated heterocycles. The summed E-state index contributed by atoms with van der Waals surface area (Å²) in [6, 6.07) is 5.24. The van der Waals surface area contributed by atoms with Gasteiger partial charge in [-0.25, -0.2) is 9.69 Å². The van der Waals surface area contributed by atoms with Crippen LogP contribution in [-0.4, -0.2) is 37.3 Å². The molecular weight excluding hydrogens is 236 g/mol. The first-order chi connectivity index (χ1) is 8.63. The monoisotopic (exact) mass is 250 g/mol. The van der Waals surface area contributed by atoms with Crippen LogP contribution in [0.25, 0.3) is 0 Å². The van der Waals surface area contributed by atoms with Gasteiger partial charge in [-0.15, -0.1) is 0 Å². The highest BCUT2D eigenvalue weighted by Gasteiger charge is 2.30. The van der Waals surface area contributed by atoms with E-state index in [1.807, 2.05) is 13.1 Å². The minimum atomic E-state index is -1.28. The van der Waals surface area contributed by atoms with Crippen molar-refractivity contribution in [2.45, 2.75) is 6.42 Å². The Morgan fingerprint density at radius 2 is 2.33 bits per heavy atom. The predicted octanol–water partition coefficient (Wildman–Crippen LogP) is 0.852. The molecule has 6 heteroatoms. The first kappa shape index (κ1) is 12.4. The molecule has 1 aromatic rings. The van der Waals surface area contributed by atoms with Gasteiger partial charge in [0.25, 0.3) is 5.91 Å². The van der Waals surface area contributed by atoms with Crippen molar-refractivity contribution in [1.29, 1.82) is 0 Å². The highest BCUT2D eigenvalue weighted by atomic mass is 16.5. The Hall–Kier alpha value is -2.08. The van der Waals surface area contributed by atoms with E-state index in [2.05, 4.69) is 5.32 Å². The third-order valence-corrected chi connectivity index (χ3v) is 2.72. The maximum absolute atomic E-state index is 11.5. The van der Waals surface area contributed by atoms with Gasteiger partial charge in [-0.3, -0.25) is 4.79 Å². The number of nitrogens with one attached hydrogen (secondary N) is 1. The Kier molecular flexibility index (Phi) is 3.47. The van der Waals surface area contributed by atoms with E-state index in [4.69, 9.17) is 9.84 Å². The van der Waals surface area contributed by atoms with Crippen LogP contribution in [0.1, 0.15) is 5.56 Å². The number of nitrogens with zero attached hydrogens (tertiary/aromatic N) is 1. The molecule has 2 amide bonds. The van der Waals surface area contributed by atoms with Gasteiger partial charge in [-0.05, 0) is 37.7 Å². The number of anilines is 1. The van der Waals surface area contributed by atoms with Crippen molar-refractivity contribution >= 4 is 17.7 Å². The molecule has 2 N–H and O–H groups in total. The van der Waals surface area contributed by atoms with E-state index in [-0.39, 0.29) is 6.61 Å².